The molecule has 148 valence electrons. The number of anilines is 3. The van der Waals surface area contributed by atoms with Crippen molar-refractivity contribution in [1.82, 2.24) is 15.0 Å². The number of pyridine rings is 1. The van der Waals surface area contributed by atoms with Gasteiger partial charge >= 0.3 is 0 Å². The van der Waals surface area contributed by atoms with Crippen molar-refractivity contribution in [2.45, 2.75) is 50.7 Å². The summed E-state index contributed by atoms with van der Waals surface area (Å²) in [4.78, 5) is 17.9. The molecule has 1 spiro atoms. The zero-order valence-corrected chi connectivity index (χ0v) is 17.5. The topological polar surface area (TPSA) is 54.4 Å². The zero-order chi connectivity index (χ0) is 19.5. The Morgan fingerprint density at radius 3 is 2.46 bits per heavy atom. The molecule has 0 unspecified atom stereocenters. The first-order valence-electron chi connectivity index (χ1n) is 9.83. The van der Waals surface area contributed by atoms with E-state index in [4.69, 9.17) is 32.9 Å². The van der Waals surface area contributed by atoms with Gasteiger partial charge in [-0.25, -0.2) is 9.97 Å². The molecule has 8 heteroatoms. The summed E-state index contributed by atoms with van der Waals surface area (Å²) < 4.78 is 5.83. The van der Waals surface area contributed by atoms with Crippen molar-refractivity contribution >= 4 is 40.5 Å². The number of rotatable bonds is 2. The van der Waals surface area contributed by atoms with Gasteiger partial charge in [-0.2, -0.15) is 4.98 Å². The third kappa shape index (κ3) is 2.93. The Hall–Kier alpha value is -1.63. The lowest BCUT2D eigenvalue weighted by molar-refractivity contribution is -0.00545. The minimum absolute atomic E-state index is 0.0464. The standard InChI is InChI=1S/C20H23Cl2N5O/c1-12-9-26(10-13(2)28-12)15-5-4-14(8-23-15)27-11-20(6-3-7-20)16-17(21)24-19(22)25-18(16)27/h4-5,8,12-13H,3,6-7,9-11H2,1-2H3/t12-,13+. The van der Waals surface area contributed by atoms with Crippen LogP contribution in [-0.2, 0) is 10.2 Å². The van der Waals surface area contributed by atoms with Crippen molar-refractivity contribution in [3.63, 3.8) is 0 Å². The van der Waals surface area contributed by atoms with Gasteiger partial charge in [0.25, 0.3) is 0 Å². The molecular weight excluding hydrogens is 397 g/mol. The van der Waals surface area contributed by atoms with Crippen LogP contribution in [0.25, 0.3) is 0 Å². The summed E-state index contributed by atoms with van der Waals surface area (Å²) in [5.74, 6) is 1.80. The fourth-order valence-corrected chi connectivity index (χ4v) is 5.39. The zero-order valence-electron chi connectivity index (χ0n) is 16.0. The fraction of sp³-hybridized carbons (Fsp3) is 0.550. The van der Waals surface area contributed by atoms with Crippen LogP contribution in [0.3, 0.4) is 0 Å². The van der Waals surface area contributed by atoms with Gasteiger partial charge < -0.3 is 14.5 Å². The fourth-order valence-electron chi connectivity index (χ4n) is 4.82. The molecule has 4 heterocycles. The summed E-state index contributed by atoms with van der Waals surface area (Å²) in [6, 6.07) is 4.19. The van der Waals surface area contributed by atoms with E-state index in [1.807, 2.05) is 6.20 Å². The molecule has 6 nitrogen and oxygen atoms in total. The lowest BCUT2D eigenvalue weighted by Gasteiger charge is -2.39. The van der Waals surface area contributed by atoms with Gasteiger partial charge in [0.1, 0.15) is 16.8 Å². The molecule has 0 N–H and O–H groups in total. The van der Waals surface area contributed by atoms with Gasteiger partial charge in [-0.3, -0.25) is 0 Å². The Morgan fingerprint density at radius 1 is 1.11 bits per heavy atom. The number of hydrogen-bond donors (Lipinski definition) is 0. The van der Waals surface area contributed by atoms with Crippen LogP contribution in [0, 0.1) is 0 Å². The van der Waals surface area contributed by atoms with Crippen molar-refractivity contribution in [2.24, 2.45) is 0 Å². The Balaban J connectivity index is 1.46. The average Bonchev–Trinajstić information content (AvgIpc) is 2.97. The van der Waals surface area contributed by atoms with Gasteiger partial charge in [-0.05, 0) is 50.4 Å². The SMILES string of the molecule is C[C@@H]1CN(c2ccc(N3CC4(CCC4)c4c(Cl)nc(Cl)nc43)cn2)C[C@H](C)O1. The number of fused-ring (bicyclic) bond motifs is 2. The molecule has 0 radical (unpaired) electrons. The van der Waals surface area contributed by atoms with Gasteiger partial charge in [0.15, 0.2) is 0 Å². The number of ether oxygens (including phenoxy) is 1. The second-order valence-corrected chi connectivity index (χ2v) is 8.94. The summed E-state index contributed by atoms with van der Waals surface area (Å²) in [6.45, 7) is 6.76. The molecular formula is C20H23Cl2N5O. The molecule has 28 heavy (non-hydrogen) atoms. The van der Waals surface area contributed by atoms with Gasteiger partial charge in [-0.1, -0.05) is 18.0 Å². The number of hydrogen-bond acceptors (Lipinski definition) is 6. The Morgan fingerprint density at radius 2 is 1.86 bits per heavy atom. The van der Waals surface area contributed by atoms with E-state index < -0.39 is 0 Å². The predicted octanol–water partition coefficient (Wildman–Crippen LogP) is 4.37. The maximum atomic E-state index is 6.48. The molecule has 2 aromatic heterocycles. The number of aromatic nitrogens is 3. The number of morpholine rings is 1. The Labute approximate surface area is 174 Å². The van der Waals surface area contributed by atoms with Crippen LogP contribution >= 0.6 is 23.2 Å². The highest BCUT2D eigenvalue weighted by molar-refractivity contribution is 6.33. The minimum Gasteiger partial charge on any atom is -0.372 e. The highest BCUT2D eigenvalue weighted by Gasteiger charge is 2.50. The first-order chi connectivity index (χ1) is 13.4. The van der Waals surface area contributed by atoms with E-state index in [1.54, 1.807) is 0 Å². The second-order valence-electron chi connectivity index (χ2n) is 8.24. The molecule has 0 amide bonds. The Kier molecular flexibility index (Phi) is 4.41. The van der Waals surface area contributed by atoms with Gasteiger partial charge in [0.05, 0.1) is 24.1 Å². The first-order valence-corrected chi connectivity index (χ1v) is 10.6. The molecule has 3 aliphatic rings. The van der Waals surface area contributed by atoms with Crippen LogP contribution in [0.5, 0.6) is 0 Å². The van der Waals surface area contributed by atoms with E-state index in [0.29, 0.717) is 5.15 Å². The van der Waals surface area contributed by atoms with E-state index in [2.05, 4.69) is 45.7 Å². The van der Waals surface area contributed by atoms with E-state index in [9.17, 15) is 0 Å². The van der Waals surface area contributed by atoms with E-state index in [1.165, 1.54) is 6.42 Å². The lowest BCUT2D eigenvalue weighted by Crippen LogP contribution is -2.45. The summed E-state index contributed by atoms with van der Waals surface area (Å²) in [5.41, 5.74) is 2.10. The van der Waals surface area contributed by atoms with Gasteiger partial charge in [0.2, 0.25) is 5.28 Å². The predicted molar refractivity (Wildman–Crippen MR) is 111 cm³/mol. The van der Waals surface area contributed by atoms with E-state index in [-0.39, 0.29) is 22.9 Å². The first kappa shape index (κ1) is 18.4. The number of halogens is 2. The molecule has 2 fully saturated rings. The molecule has 2 aromatic rings. The highest BCUT2D eigenvalue weighted by Crippen LogP contribution is 2.55. The quantitative estimate of drug-likeness (QED) is 0.532. The van der Waals surface area contributed by atoms with Gasteiger partial charge in [-0.15, -0.1) is 0 Å². The smallest absolute Gasteiger partial charge is 0.225 e. The molecule has 0 bridgehead atoms. The lowest BCUT2D eigenvalue weighted by atomic mass is 9.66. The third-order valence-corrected chi connectivity index (χ3v) is 6.61. The van der Waals surface area contributed by atoms with Crippen LogP contribution in [0.2, 0.25) is 10.4 Å². The van der Waals surface area contributed by atoms with Crippen molar-refractivity contribution in [2.75, 3.05) is 29.4 Å². The maximum Gasteiger partial charge on any atom is 0.225 e. The van der Waals surface area contributed by atoms with E-state index >= 15 is 0 Å². The normalized spacial score (nSPS) is 25.7. The molecule has 1 aliphatic carbocycles. The van der Waals surface area contributed by atoms with Crippen LogP contribution in [0.1, 0.15) is 38.7 Å². The second kappa shape index (κ2) is 6.71. The molecule has 5 rings (SSSR count). The largest absolute Gasteiger partial charge is 0.372 e. The summed E-state index contributed by atoms with van der Waals surface area (Å²) in [7, 11) is 0. The average molecular weight is 420 g/mol. The minimum atomic E-state index is 0.0464. The number of nitrogens with zero attached hydrogens (tertiary/aromatic N) is 5. The van der Waals surface area contributed by atoms with Crippen molar-refractivity contribution in [3.05, 3.63) is 34.3 Å². The summed E-state index contributed by atoms with van der Waals surface area (Å²) in [6.07, 6.45) is 5.75. The van der Waals surface area contributed by atoms with Crippen LogP contribution in [0.15, 0.2) is 18.3 Å². The molecule has 1 saturated carbocycles. The summed E-state index contributed by atoms with van der Waals surface area (Å²) in [5, 5.41) is 0.670. The van der Waals surface area contributed by atoms with Crippen molar-refractivity contribution in [1.29, 1.82) is 0 Å². The van der Waals surface area contributed by atoms with Crippen molar-refractivity contribution in [3.8, 4) is 0 Å². The Bertz CT molecular complexity index is 892. The third-order valence-electron chi connectivity index (χ3n) is 6.16. The van der Waals surface area contributed by atoms with Crippen molar-refractivity contribution < 1.29 is 4.74 Å². The molecule has 1 saturated heterocycles. The monoisotopic (exact) mass is 419 g/mol. The van der Waals surface area contributed by atoms with Crippen LogP contribution in [-0.4, -0.2) is 46.8 Å². The van der Waals surface area contributed by atoms with E-state index in [0.717, 1.165) is 55.4 Å². The van der Waals surface area contributed by atoms with Gasteiger partial charge in [0, 0.05) is 30.6 Å². The van der Waals surface area contributed by atoms with Crippen LogP contribution in [0.4, 0.5) is 17.3 Å². The van der Waals surface area contributed by atoms with Crippen LogP contribution < -0.4 is 9.80 Å². The molecule has 2 aliphatic heterocycles. The molecule has 2 atom stereocenters. The summed E-state index contributed by atoms with van der Waals surface area (Å²) >= 11 is 12.6. The molecule has 0 aromatic carbocycles. The maximum absolute atomic E-state index is 6.48. The highest BCUT2D eigenvalue weighted by atomic mass is 35.5.